The molecule has 1 atom stereocenters. The Morgan fingerprint density at radius 2 is 1.70 bits per heavy atom. The van der Waals surface area contributed by atoms with Crippen molar-refractivity contribution < 1.29 is 23.6 Å². The molecular formula is C32H46FN7O4. The Hall–Kier alpha value is -3.80. The van der Waals surface area contributed by atoms with Gasteiger partial charge in [-0.05, 0) is 62.4 Å². The zero-order valence-electron chi connectivity index (χ0n) is 26.3. The number of aryl methyl sites for hydroxylation is 1. The van der Waals surface area contributed by atoms with Crippen LogP contribution < -0.4 is 16.0 Å². The molecule has 4 amide bonds. The van der Waals surface area contributed by atoms with Crippen molar-refractivity contribution in [3.63, 3.8) is 0 Å². The van der Waals surface area contributed by atoms with Crippen LogP contribution in [-0.4, -0.2) is 82.5 Å². The first-order valence-corrected chi connectivity index (χ1v) is 15.8. The van der Waals surface area contributed by atoms with E-state index in [0.29, 0.717) is 44.2 Å². The largest absolute Gasteiger partial charge is 0.344 e. The van der Waals surface area contributed by atoms with Gasteiger partial charge in [-0.25, -0.2) is 4.39 Å². The molecule has 12 heteroatoms. The number of aromatic nitrogens is 2. The van der Waals surface area contributed by atoms with E-state index in [1.54, 1.807) is 24.0 Å². The predicted molar refractivity (Wildman–Crippen MR) is 167 cm³/mol. The van der Waals surface area contributed by atoms with Crippen molar-refractivity contribution in [2.45, 2.75) is 78.3 Å². The van der Waals surface area contributed by atoms with Crippen LogP contribution in [0.25, 0.3) is 0 Å². The van der Waals surface area contributed by atoms with Gasteiger partial charge < -0.3 is 25.8 Å². The van der Waals surface area contributed by atoms with E-state index in [1.807, 2.05) is 14.0 Å². The minimum atomic E-state index is -0.913. The summed E-state index contributed by atoms with van der Waals surface area (Å²) < 4.78 is 17.4. The van der Waals surface area contributed by atoms with Gasteiger partial charge in [0.25, 0.3) is 5.91 Å². The van der Waals surface area contributed by atoms with Gasteiger partial charge >= 0.3 is 0 Å². The number of carbonyl (C=O) groups is 4. The second kappa shape index (κ2) is 15.3. The SMILES string of the molecule is CCC(=O)N[C@H](Cc1cc(F)c(NC(=O)C[C@H]2CC[C@H](C)CC2)c(NC(=O)c2ccnn2CC)c1)C(=O)N1CCN(C)CC1. The molecule has 240 valence electrons. The Morgan fingerprint density at radius 3 is 2.36 bits per heavy atom. The summed E-state index contributed by atoms with van der Waals surface area (Å²) in [6.45, 7) is 8.71. The van der Waals surface area contributed by atoms with Gasteiger partial charge in [0.05, 0.1) is 5.69 Å². The van der Waals surface area contributed by atoms with Gasteiger partial charge in [0.2, 0.25) is 17.7 Å². The summed E-state index contributed by atoms with van der Waals surface area (Å²) in [5, 5.41) is 12.4. The molecule has 1 aliphatic heterocycles. The first-order valence-electron chi connectivity index (χ1n) is 15.8. The monoisotopic (exact) mass is 611 g/mol. The van der Waals surface area contributed by atoms with Crippen LogP contribution in [0.3, 0.4) is 0 Å². The number of rotatable bonds is 11. The molecule has 4 rings (SSSR count). The number of anilines is 2. The molecule has 2 aromatic rings. The number of nitrogens with one attached hydrogen (secondary N) is 3. The molecule has 1 saturated heterocycles. The summed E-state index contributed by atoms with van der Waals surface area (Å²) in [5.41, 5.74) is 0.626. The van der Waals surface area contributed by atoms with Crippen LogP contribution >= 0.6 is 0 Å². The van der Waals surface area contributed by atoms with Crippen LogP contribution in [0, 0.1) is 17.7 Å². The zero-order valence-corrected chi connectivity index (χ0v) is 26.3. The molecule has 0 radical (unpaired) electrons. The number of carbonyl (C=O) groups excluding carboxylic acids is 4. The molecule has 0 unspecified atom stereocenters. The molecule has 1 aromatic heterocycles. The molecule has 11 nitrogen and oxygen atoms in total. The highest BCUT2D eigenvalue weighted by molar-refractivity contribution is 6.06. The highest BCUT2D eigenvalue weighted by Gasteiger charge is 2.29. The second-order valence-electron chi connectivity index (χ2n) is 12.2. The van der Waals surface area contributed by atoms with Crippen LogP contribution in [0.5, 0.6) is 0 Å². The van der Waals surface area contributed by atoms with Gasteiger partial charge in [-0.3, -0.25) is 23.9 Å². The van der Waals surface area contributed by atoms with Gasteiger partial charge in [0.1, 0.15) is 23.2 Å². The third-order valence-electron chi connectivity index (χ3n) is 8.73. The van der Waals surface area contributed by atoms with E-state index in [-0.39, 0.29) is 60.0 Å². The summed E-state index contributed by atoms with van der Waals surface area (Å²) in [5.74, 6) is -1.22. The van der Waals surface area contributed by atoms with Gasteiger partial charge in [-0.15, -0.1) is 0 Å². The topological polar surface area (TPSA) is 129 Å². The van der Waals surface area contributed by atoms with Crippen molar-refractivity contribution in [2.75, 3.05) is 43.9 Å². The van der Waals surface area contributed by atoms with E-state index in [2.05, 4.69) is 32.9 Å². The molecule has 3 N–H and O–H groups in total. The average Bonchev–Trinajstić information content (AvgIpc) is 3.49. The van der Waals surface area contributed by atoms with Crippen molar-refractivity contribution in [3.8, 4) is 0 Å². The molecule has 0 bridgehead atoms. The van der Waals surface area contributed by atoms with Gasteiger partial charge in [-0.1, -0.05) is 26.7 Å². The molecule has 2 fully saturated rings. The smallest absolute Gasteiger partial charge is 0.273 e. The number of hydrogen-bond donors (Lipinski definition) is 3. The highest BCUT2D eigenvalue weighted by atomic mass is 19.1. The summed E-state index contributed by atoms with van der Waals surface area (Å²) in [6.07, 6.45) is 6.02. The van der Waals surface area contributed by atoms with E-state index in [1.165, 1.54) is 16.9 Å². The number of hydrogen-bond acceptors (Lipinski definition) is 6. The molecule has 44 heavy (non-hydrogen) atoms. The Morgan fingerprint density at radius 1 is 1.00 bits per heavy atom. The normalized spacial score (nSPS) is 19.7. The predicted octanol–water partition coefficient (Wildman–Crippen LogP) is 3.66. The number of likely N-dealkylation sites (N-methyl/N-ethyl adjacent to an activating group) is 1. The summed E-state index contributed by atoms with van der Waals surface area (Å²) in [7, 11) is 1.99. The minimum absolute atomic E-state index is 0.0120. The third-order valence-corrected chi connectivity index (χ3v) is 8.73. The van der Waals surface area contributed by atoms with Crippen LogP contribution in [0.4, 0.5) is 15.8 Å². The lowest BCUT2D eigenvalue weighted by Crippen LogP contribution is -2.54. The maximum absolute atomic E-state index is 15.8. The molecule has 1 aromatic carbocycles. The molecular weight excluding hydrogens is 565 g/mol. The quantitative estimate of drug-likeness (QED) is 0.356. The second-order valence-corrected chi connectivity index (χ2v) is 12.2. The van der Waals surface area contributed by atoms with E-state index >= 15 is 4.39 Å². The van der Waals surface area contributed by atoms with E-state index < -0.39 is 17.8 Å². The first kappa shape index (κ1) is 33.1. The molecule has 1 saturated carbocycles. The first-order chi connectivity index (χ1) is 21.1. The molecule has 2 aliphatic rings. The highest BCUT2D eigenvalue weighted by Crippen LogP contribution is 2.32. The number of piperazine rings is 1. The fourth-order valence-corrected chi connectivity index (χ4v) is 5.94. The number of benzene rings is 1. The Balaban J connectivity index is 1.61. The number of nitrogens with zero attached hydrogens (tertiary/aromatic N) is 4. The number of halogens is 1. The van der Waals surface area contributed by atoms with Gasteiger partial charge in [0, 0.05) is 58.2 Å². The van der Waals surface area contributed by atoms with Crippen molar-refractivity contribution in [1.29, 1.82) is 0 Å². The van der Waals surface area contributed by atoms with Crippen LogP contribution in [0.2, 0.25) is 0 Å². The fourth-order valence-electron chi connectivity index (χ4n) is 5.94. The Kier molecular flexibility index (Phi) is 11.5. The fraction of sp³-hybridized carbons (Fsp3) is 0.594. The molecule has 0 spiro atoms. The average molecular weight is 612 g/mol. The summed E-state index contributed by atoms with van der Waals surface area (Å²) in [4.78, 5) is 56.1. The lowest BCUT2D eigenvalue weighted by atomic mass is 9.81. The van der Waals surface area contributed by atoms with Crippen LogP contribution in [-0.2, 0) is 27.3 Å². The van der Waals surface area contributed by atoms with Crippen LogP contribution in [0.15, 0.2) is 24.4 Å². The van der Waals surface area contributed by atoms with Gasteiger partial charge in [0.15, 0.2) is 0 Å². The lowest BCUT2D eigenvalue weighted by molar-refractivity contribution is -0.137. The van der Waals surface area contributed by atoms with E-state index in [9.17, 15) is 19.2 Å². The van der Waals surface area contributed by atoms with Gasteiger partial charge in [-0.2, -0.15) is 5.10 Å². The number of amides is 4. The summed E-state index contributed by atoms with van der Waals surface area (Å²) >= 11 is 0. The zero-order chi connectivity index (χ0) is 31.8. The molecule has 2 heterocycles. The van der Waals surface area contributed by atoms with Crippen molar-refractivity contribution >= 4 is 35.0 Å². The summed E-state index contributed by atoms with van der Waals surface area (Å²) in [6, 6.07) is 3.47. The van der Waals surface area contributed by atoms with Crippen molar-refractivity contribution in [3.05, 3.63) is 41.5 Å². The van der Waals surface area contributed by atoms with E-state index in [0.717, 1.165) is 25.7 Å². The minimum Gasteiger partial charge on any atom is -0.344 e. The lowest BCUT2D eigenvalue weighted by Gasteiger charge is -2.35. The Bertz CT molecular complexity index is 1330. The van der Waals surface area contributed by atoms with Crippen molar-refractivity contribution in [1.82, 2.24) is 24.9 Å². The third kappa shape index (κ3) is 8.64. The van der Waals surface area contributed by atoms with Crippen molar-refractivity contribution in [2.24, 2.45) is 11.8 Å². The van der Waals surface area contributed by atoms with Crippen LogP contribution in [0.1, 0.15) is 75.3 Å². The standard InChI is InChI=1S/C32H46FN7O4/c1-5-28(41)35-26(32(44)39-15-13-38(4)14-16-39)19-23-17-24(33)30(37-29(42)20-22-9-7-21(3)8-10-22)25(18-23)36-31(43)27-11-12-34-40(27)6-2/h11-12,17-18,21-22,26H,5-10,13-16,19-20H2,1-4H3,(H,35,41)(H,36,43)(H,37,42)/t21-,22-,26-/m1/s1. The Labute approximate surface area is 258 Å². The maximum Gasteiger partial charge on any atom is 0.273 e. The van der Waals surface area contributed by atoms with E-state index in [4.69, 9.17) is 0 Å². The molecule has 1 aliphatic carbocycles. The maximum atomic E-state index is 15.8.